The van der Waals surface area contributed by atoms with Crippen molar-refractivity contribution in [2.75, 3.05) is 19.0 Å². The van der Waals surface area contributed by atoms with Crippen molar-refractivity contribution < 1.29 is 14.3 Å². The van der Waals surface area contributed by atoms with Gasteiger partial charge in [0.1, 0.15) is 11.6 Å². The lowest BCUT2D eigenvalue weighted by Gasteiger charge is -2.21. The van der Waals surface area contributed by atoms with E-state index in [9.17, 15) is 4.79 Å². The van der Waals surface area contributed by atoms with Crippen molar-refractivity contribution in [1.29, 1.82) is 0 Å². The van der Waals surface area contributed by atoms with E-state index in [1.807, 2.05) is 6.07 Å². The highest BCUT2D eigenvalue weighted by Crippen LogP contribution is 2.23. The fourth-order valence-electron chi connectivity index (χ4n) is 2.38. The third kappa shape index (κ3) is 2.95. The molecule has 1 aliphatic heterocycles. The Bertz CT molecular complexity index is 654. The third-order valence-corrected chi connectivity index (χ3v) is 3.50. The van der Waals surface area contributed by atoms with Crippen molar-refractivity contribution in [2.45, 2.75) is 25.4 Å². The minimum atomic E-state index is -0.382. The van der Waals surface area contributed by atoms with Crippen LogP contribution in [0.5, 0.6) is 5.88 Å². The van der Waals surface area contributed by atoms with Crippen molar-refractivity contribution in [1.82, 2.24) is 9.97 Å². The van der Waals surface area contributed by atoms with Crippen molar-refractivity contribution in [3.63, 3.8) is 0 Å². The zero-order valence-corrected chi connectivity index (χ0v) is 11.8. The Morgan fingerprint density at radius 1 is 1.38 bits per heavy atom. The molecule has 1 saturated heterocycles. The number of rotatable bonds is 3. The molecule has 0 aliphatic carbocycles. The summed E-state index contributed by atoms with van der Waals surface area (Å²) in [7, 11) is 1.55. The summed E-state index contributed by atoms with van der Waals surface area (Å²) < 4.78 is 10.6. The predicted molar refractivity (Wildman–Crippen MR) is 78.3 cm³/mol. The first-order valence-corrected chi connectivity index (χ1v) is 7.00. The van der Waals surface area contributed by atoms with Crippen molar-refractivity contribution >= 4 is 22.6 Å². The van der Waals surface area contributed by atoms with Gasteiger partial charge in [-0.05, 0) is 31.4 Å². The van der Waals surface area contributed by atoms with Gasteiger partial charge in [-0.3, -0.25) is 9.78 Å². The molecule has 3 rings (SSSR count). The number of hydrogen-bond donors (Lipinski definition) is 1. The summed E-state index contributed by atoms with van der Waals surface area (Å²) in [6.45, 7) is 0.640. The normalized spacial score (nSPS) is 18.4. The van der Waals surface area contributed by atoms with Crippen LogP contribution in [0, 0.1) is 0 Å². The maximum Gasteiger partial charge on any atom is 0.253 e. The van der Waals surface area contributed by atoms with E-state index in [4.69, 9.17) is 9.47 Å². The van der Waals surface area contributed by atoms with E-state index in [1.165, 1.54) is 0 Å². The molecule has 6 heteroatoms. The molecule has 6 nitrogen and oxygen atoms in total. The summed E-state index contributed by atoms with van der Waals surface area (Å²) in [5, 5.41) is 2.88. The van der Waals surface area contributed by atoms with Crippen LogP contribution in [0.25, 0.3) is 11.0 Å². The second-order valence-corrected chi connectivity index (χ2v) is 4.92. The van der Waals surface area contributed by atoms with Crippen LogP contribution in [-0.4, -0.2) is 35.7 Å². The summed E-state index contributed by atoms with van der Waals surface area (Å²) in [6.07, 6.45) is 4.05. The maximum atomic E-state index is 12.3. The van der Waals surface area contributed by atoms with Crippen LogP contribution in [-0.2, 0) is 9.53 Å². The molecule has 2 aromatic rings. The van der Waals surface area contributed by atoms with Gasteiger partial charge < -0.3 is 14.8 Å². The average Bonchev–Trinajstić information content (AvgIpc) is 2.55. The first-order valence-electron chi connectivity index (χ1n) is 7.00. The number of aromatic nitrogens is 2. The number of amides is 1. The second kappa shape index (κ2) is 6.05. The number of methoxy groups -OCH3 is 1. The first kappa shape index (κ1) is 13.8. The van der Waals surface area contributed by atoms with Crippen LogP contribution in [0.2, 0.25) is 0 Å². The van der Waals surface area contributed by atoms with Gasteiger partial charge in [0.15, 0.2) is 0 Å². The van der Waals surface area contributed by atoms with Gasteiger partial charge >= 0.3 is 0 Å². The third-order valence-electron chi connectivity index (χ3n) is 3.50. The quantitative estimate of drug-likeness (QED) is 0.936. The van der Waals surface area contributed by atoms with Gasteiger partial charge in [-0.1, -0.05) is 0 Å². The fourth-order valence-corrected chi connectivity index (χ4v) is 2.38. The van der Waals surface area contributed by atoms with Gasteiger partial charge in [-0.15, -0.1) is 0 Å². The second-order valence-electron chi connectivity index (χ2n) is 4.92. The Morgan fingerprint density at radius 2 is 2.29 bits per heavy atom. The van der Waals surface area contributed by atoms with E-state index < -0.39 is 0 Å². The summed E-state index contributed by atoms with van der Waals surface area (Å²) in [5.41, 5.74) is 1.94. The Kier molecular flexibility index (Phi) is 3.96. The molecule has 110 valence electrons. The predicted octanol–water partition coefficient (Wildman–Crippen LogP) is 2.15. The molecule has 0 spiro atoms. The highest BCUT2D eigenvalue weighted by Gasteiger charge is 2.22. The van der Waals surface area contributed by atoms with Crippen molar-refractivity contribution in [3.8, 4) is 5.88 Å². The van der Waals surface area contributed by atoms with Gasteiger partial charge in [0, 0.05) is 18.9 Å². The lowest BCUT2D eigenvalue weighted by Crippen LogP contribution is -2.33. The Morgan fingerprint density at radius 3 is 3.05 bits per heavy atom. The lowest BCUT2D eigenvalue weighted by atomic mass is 10.1. The van der Waals surface area contributed by atoms with Crippen LogP contribution in [0.3, 0.4) is 0 Å². The van der Waals surface area contributed by atoms with Crippen LogP contribution in [0.1, 0.15) is 19.3 Å². The molecule has 1 amide bonds. The number of carbonyl (C=O) groups is 1. The molecule has 0 aromatic carbocycles. The number of hydrogen-bond acceptors (Lipinski definition) is 5. The minimum Gasteiger partial charge on any atom is -0.481 e. The summed E-state index contributed by atoms with van der Waals surface area (Å²) >= 11 is 0. The molecule has 1 N–H and O–H groups in total. The number of carbonyl (C=O) groups excluding carboxylic acids is 1. The molecule has 1 fully saturated rings. The molecule has 1 atom stereocenters. The number of nitrogens with one attached hydrogen (secondary N) is 1. The Hall–Kier alpha value is -2.21. The molecule has 0 bridgehead atoms. The molecule has 1 aliphatic rings. The van der Waals surface area contributed by atoms with Crippen LogP contribution in [0.15, 0.2) is 24.4 Å². The smallest absolute Gasteiger partial charge is 0.253 e. The standard InChI is InChI=1S/C15H17N3O3/c1-20-13-6-5-10-14(18-13)11(7-8-16-10)17-15(19)12-4-2-3-9-21-12/h5-8,12H,2-4,9H2,1H3,(H,16,17,19). The van der Waals surface area contributed by atoms with Crippen LogP contribution >= 0.6 is 0 Å². The molecule has 0 radical (unpaired) electrons. The van der Waals surface area contributed by atoms with Gasteiger partial charge in [-0.25, -0.2) is 4.98 Å². The molecular weight excluding hydrogens is 270 g/mol. The van der Waals surface area contributed by atoms with Gasteiger partial charge in [0.25, 0.3) is 5.91 Å². The zero-order chi connectivity index (χ0) is 14.7. The molecular formula is C15H17N3O3. The number of anilines is 1. The first-order chi connectivity index (χ1) is 10.3. The largest absolute Gasteiger partial charge is 0.481 e. The SMILES string of the molecule is COc1ccc2nccc(NC(=O)C3CCCCO3)c2n1. The monoisotopic (exact) mass is 287 g/mol. The minimum absolute atomic E-state index is 0.133. The van der Waals surface area contributed by atoms with E-state index in [0.717, 1.165) is 19.3 Å². The lowest BCUT2D eigenvalue weighted by molar-refractivity contribution is -0.129. The van der Waals surface area contributed by atoms with Gasteiger partial charge in [-0.2, -0.15) is 0 Å². The fraction of sp³-hybridized carbons (Fsp3) is 0.400. The molecule has 1 unspecified atom stereocenters. The number of pyridine rings is 2. The average molecular weight is 287 g/mol. The molecule has 21 heavy (non-hydrogen) atoms. The van der Waals surface area contributed by atoms with E-state index in [2.05, 4.69) is 15.3 Å². The van der Waals surface area contributed by atoms with E-state index in [1.54, 1.807) is 25.4 Å². The highest BCUT2D eigenvalue weighted by molar-refractivity contribution is 6.01. The highest BCUT2D eigenvalue weighted by atomic mass is 16.5. The summed E-state index contributed by atoms with van der Waals surface area (Å²) in [4.78, 5) is 20.8. The van der Waals surface area contributed by atoms with Gasteiger partial charge in [0.05, 0.1) is 18.3 Å². The topological polar surface area (TPSA) is 73.3 Å². The van der Waals surface area contributed by atoms with Crippen LogP contribution in [0.4, 0.5) is 5.69 Å². The van der Waals surface area contributed by atoms with Crippen molar-refractivity contribution in [2.24, 2.45) is 0 Å². The Labute approximate surface area is 122 Å². The molecule has 0 saturated carbocycles. The van der Waals surface area contributed by atoms with Crippen molar-refractivity contribution in [3.05, 3.63) is 24.4 Å². The summed E-state index contributed by atoms with van der Waals surface area (Å²) in [6, 6.07) is 5.29. The maximum absolute atomic E-state index is 12.3. The summed E-state index contributed by atoms with van der Waals surface area (Å²) in [5.74, 6) is 0.353. The van der Waals surface area contributed by atoms with Gasteiger partial charge in [0.2, 0.25) is 5.88 Å². The van der Waals surface area contributed by atoms with E-state index >= 15 is 0 Å². The number of fused-ring (bicyclic) bond motifs is 1. The molecule has 2 aromatic heterocycles. The number of ether oxygens (including phenoxy) is 2. The van der Waals surface area contributed by atoms with Crippen LogP contribution < -0.4 is 10.1 Å². The Balaban J connectivity index is 1.87. The van der Waals surface area contributed by atoms with E-state index in [-0.39, 0.29) is 12.0 Å². The number of nitrogens with zero attached hydrogens (tertiary/aromatic N) is 2. The molecule has 3 heterocycles. The zero-order valence-electron chi connectivity index (χ0n) is 11.8. The van der Waals surface area contributed by atoms with E-state index in [0.29, 0.717) is 29.2 Å².